The number of rotatable bonds is 3. The van der Waals surface area contributed by atoms with Crippen molar-refractivity contribution < 1.29 is 0 Å². The van der Waals surface area contributed by atoms with Crippen molar-refractivity contribution >= 4 is 11.4 Å². The van der Waals surface area contributed by atoms with Crippen molar-refractivity contribution in [1.29, 1.82) is 0 Å². The van der Waals surface area contributed by atoms with Crippen LogP contribution in [0.3, 0.4) is 0 Å². The molecule has 2 aromatic heterocycles. The number of nitrogens with zero attached hydrogens (tertiary/aromatic N) is 4. The van der Waals surface area contributed by atoms with E-state index in [-0.39, 0.29) is 0 Å². The minimum Gasteiger partial charge on any atom is -0.255 e. The van der Waals surface area contributed by atoms with Crippen molar-refractivity contribution in [2.75, 3.05) is 0 Å². The predicted octanol–water partition coefficient (Wildman–Crippen LogP) is 2.71. The lowest BCUT2D eigenvalue weighted by molar-refractivity contribution is 1.17. The molecule has 0 aliphatic heterocycles. The molecule has 0 aromatic carbocycles. The average Bonchev–Trinajstić information content (AvgIpc) is 2.46. The molecule has 0 N–H and O–H groups in total. The zero-order valence-corrected chi connectivity index (χ0v) is 10.4. The van der Waals surface area contributed by atoms with Gasteiger partial charge in [-0.1, -0.05) is 12.1 Å². The van der Waals surface area contributed by atoms with E-state index in [9.17, 15) is 0 Å². The fraction of sp³-hybridized carbons (Fsp3) is 0.143. The van der Waals surface area contributed by atoms with E-state index in [4.69, 9.17) is 0 Å². The molecule has 2 aromatic rings. The second-order valence-electron chi connectivity index (χ2n) is 3.80. The van der Waals surface area contributed by atoms with Crippen molar-refractivity contribution in [1.82, 2.24) is 9.97 Å². The quantitative estimate of drug-likeness (QED) is 0.609. The van der Waals surface area contributed by atoms with E-state index < -0.39 is 0 Å². The van der Waals surface area contributed by atoms with Crippen LogP contribution >= 0.6 is 0 Å². The summed E-state index contributed by atoms with van der Waals surface area (Å²) in [6.45, 7) is 3.77. The average molecular weight is 238 g/mol. The van der Waals surface area contributed by atoms with Crippen LogP contribution < -0.4 is 0 Å². The van der Waals surface area contributed by atoms with Crippen LogP contribution in [-0.2, 0) is 0 Å². The Hall–Kier alpha value is -2.36. The smallest absolute Gasteiger partial charge is 0.0860 e. The van der Waals surface area contributed by atoms with Crippen LogP contribution in [0.15, 0.2) is 59.0 Å². The molecule has 18 heavy (non-hydrogen) atoms. The first-order valence-electron chi connectivity index (χ1n) is 5.69. The van der Waals surface area contributed by atoms with E-state index in [0.29, 0.717) is 0 Å². The van der Waals surface area contributed by atoms with Crippen LogP contribution in [0.4, 0.5) is 0 Å². The lowest BCUT2D eigenvalue weighted by atomic mass is 10.2. The zero-order chi connectivity index (χ0) is 12.8. The van der Waals surface area contributed by atoms with Crippen molar-refractivity contribution in [3.63, 3.8) is 0 Å². The third kappa shape index (κ3) is 3.07. The largest absolute Gasteiger partial charge is 0.255 e. The molecule has 0 bridgehead atoms. The molecule has 2 rings (SSSR count). The van der Waals surface area contributed by atoms with Crippen LogP contribution in [-0.4, -0.2) is 21.4 Å². The fourth-order valence-electron chi connectivity index (χ4n) is 1.41. The van der Waals surface area contributed by atoms with Crippen molar-refractivity contribution in [3.05, 3.63) is 60.2 Å². The van der Waals surface area contributed by atoms with Gasteiger partial charge in [0.05, 0.1) is 22.8 Å². The maximum absolute atomic E-state index is 4.21. The third-order valence-electron chi connectivity index (χ3n) is 2.42. The number of hydrogen-bond acceptors (Lipinski definition) is 4. The van der Waals surface area contributed by atoms with Crippen LogP contribution in [0.25, 0.3) is 0 Å². The topological polar surface area (TPSA) is 50.5 Å². The predicted molar refractivity (Wildman–Crippen MR) is 72.9 cm³/mol. The van der Waals surface area contributed by atoms with Crippen molar-refractivity contribution in [3.8, 4) is 0 Å². The maximum atomic E-state index is 4.21. The van der Waals surface area contributed by atoms with Gasteiger partial charge in [0, 0.05) is 12.4 Å². The fourth-order valence-corrected chi connectivity index (χ4v) is 1.41. The van der Waals surface area contributed by atoms with Crippen LogP contribution in [0.1, 0.15) is 25.2 Å². The monoisotopic (exact) mass is 238 g/mol. The molecule has 90 valence electrons. The van der Waals surface area contributed by atoms with Gasteiger partial charge < -0.3 is 0 Å². The maximum Gasteiger partial charge on any atom is 0.0860 e. The summed E-state index contributed by atoms with van der Waals surface area (Å²) in [4.78, 5) is 8.43. The Morgan fingerprint density at radius 3 is 1.56 bits per heavy atom. The van der Waals surface area contributed by atoms with Gasteiger partial charge in [-0.15, -0.1) is 0 Å². The van der Waals surface area contributed by atoms with Gasteiger partial charge in [0.15, 0.2) is 0 Å². The molecule has 2 heterocycles. The molecular weight excluding hydrogens is 224 g/mol. The second kappa shape index (κ2) is 5.82. The molecule has 0 saturated carbocycles. The molecule has 4 heteroatoms. The van der Waals surface area contributed by atoms with E-state index in [0.717, 1.165) is 22.8 Å². The molecule has 4 nitrogen and oxygen atoms in total. The van der Waals surface area contributed by atoms with Gasteiger partial charge in [0.1, 0.15) is 0 Å². The Balaban J connectivity index is 2.20. The van der Waals surface area contributed by atoms with Gasteiger partial charge in [-0.2, -0.15) is 10.2 Å². The highest BCUT2D eigenvalue weighted by Crippen LogP contribution is 2.00. The van der Waals surface area contributed by atoms with E-state index in [1.54, 1.807) is 12.4 Å². The van der Waals surface area contributed by atoms with Gasteiger partial charge in [-0.25, -0.2) is 0 Å². The van der Waals surface area contributed by atoms with Crippen LogP contribution in [0, 0.1) is 0 Å². The Morgan fingerprint density at radius 1 is 0.778 bits per heavy atom. The van der Waals surface area contributed by atoms with Gasteiger partial charge in [-0.3, -0.25) is 9.97 Å². The molecule has 0 saturated heterocycles. The minimum absolute atomic E-state index is 0.783. The third-order valence-corrected chi connectivity index (χ3v) is 2.42. The van der Waals surface area contributed by atoms with Crippen LogP contribution in [0.5, 0.6) is 0 Å². The number of hydrogen-bond donors (Lipinski definition) is 0. The molecule has 0 aliphatic carbocycles. The van der Waals surface area contributed by atoms with Gasteiger partial charge >= 0.3 is 0 Å². The molecule has 0 radical (unpaired) electrons. The van der Waals surface area contributed by atoms with Gasteiger partial charge in [0.2, 0.25) is 0 Å². The SMILES string of the molecule is C/C(=N\N=C(/C)c1ccccn1)c1ccccn1. The second-order valence-corrected chi connectivity index (χ2v) is 3.80. The zero-order valence-electron chi connectivity index (χ0n) is 10.4. The first-order chi connectivity index (χ1) is 8.77. The lowest BCUT2D eigenvalue weighted by Gasteiger charge is -1.98. The summed E-state index contributed by atoms with van der Waals surface area (Å²) >= 11 is 0. The highest BCUT2D eigenvalue weighted by Gasteiger charge is 1.99. The molecule has 0 atom stereocenters. The summed E-state index contributed by atoms with van der Waals surface area (Å²) in [6.07, 6.45) is 3.48. The minimum atomic E-state index is 0.783. The van der Waals surface area contributed by atoms with E-state index in [1.165, 1.54) is 0 Å². The van der Waals surface area contributed by atoms with Gasteiger partial charge in [0.25, 0.3) is 0 Å². The Bertz CT molecular complexity index is 505. The Morgan fingerprint density at radius 2 is 1.22 bits per heavy atom. The van der Waals surface area contributed by atoms with E-state index in [2.05, 4.69) is 20.2 Å². The standard InChI is InChI=1S/C14H14N4/c1-11(13-7-3-5-9-15-13)17-18-12(2)14-8-4-6-10-16-14/h3-10H,1-2H3/b17-11+,18-12+. The summed E-state index contributed by atoms with van der Waals surface area (Å²) in [7, 11) is 0. The number of aromatic nitrogens is 2. The lowest BCUT2D eigenvalue weighted by Crippen LogP contribution is -2.00. The van der Waals surface area contributed by atoms with Crippen molar-refractivity contribution in [2.45, 2.75) is 13.8 Å². The van der Waals surface area contributed by atoms with E-state index in [1.807, 2.05) is 50.2 Å². The Kier molecular flexibility index (Phi) is 3.91. The number of pyridine rings is 2. The summed E-state index contributed by atoms with van der Waals surface area (Å²) in [5.41, 5.74) is 3.22. The van der Waals surface area contributed by atoms with Gasteiger partial charge in [-0.05, 0) is 38.1 Å². The molecule has 0 aliphatic rings. The molecular formula is C14H14N4. The first kappa shape index (κ1) is 12.1. The molecule has 0 unspecified atom stereocenters. The normalized spacial score (nSPS) is 12.6. The molecule has 0 amide bonds. The summed E-state index contributed by atoms with van der Waals surface area (Å²) in [5, 5.41) is 8.35. The van der Waals surface area contributed by atoms with E-state index >= 15 is 0 Å². The Labute approximate surface area is 106 Å². The molecule has 0 fully saturated rings. The highest BCUT2D eigenvalue weighted by atomic mass is 15.2. The first-order valence-corrected chi connectivity index (χ1v) is 5.69. The highest BCUT2D eigenvalue weighted by molar-refractivity contribution is 5.99. The summed E-state index contributed by atoms with van der Waals surface area (Å²) in [5.74, 6) is 0. The van der Waals surface area contributed by atoms with Crippen LogP contribution in [0.2, 0.25) is 0 Å². The van der Waals surface area contributed by atoms with Crippen molar-refractivity contribution in [2.24, 2.45) is 10.2 Å². The molecule has 0 spiro atoms. The summed E-state index contributed by atoms with van der Waals surface area (Å²) in [6, 6.07) is 11.4. The summed E-state index contributed by atoms with van der Waals surface area (Å²) < 4.78 is 0.